The predicted molar refractivity (Wildman–Crippen MR) is 49.7 cm³/mol. The lowest BCUT2D eigenvalue weighted by Crippen LogP contribution is -2.33. The maximum Gasteiger partial charge on any atom is 0.333 e. The summed E-state index contributed by atoms with van der Waals surface area (Å²) in [6.07, 6.45) is 0. The number of hydrogen-bond acceptors (Lipinski definition) is 3. The standard InChI is InChI=1S/C6H4Cl4O3/c7-1-2(8)4(10)6(12)13-5(11)3(1)9/h1-4H. The molecule has 4 unspecified atom stereocenters. The van der Waals surface area contributed by atoms with Crippen LogP contribution in [0.1, 0.15) is 0 Å². The number of cyclic esters (lactones) is 2. The van der Waals surface area contributed by atoms with E-state index in [4.69, 9.17) is 46.4 Å². The van der Waals surface area contributed by atoms with Crippen LogP contribution < -0.4 is 0 Å². The average Bonchev–Trinajstić information content (AvgIpc) is 2.15. The van der Waals surface area contributed by atoms with Crippen molar-refractivity contribution >= 4 is 58.3 Å². The summed E-state index contributed by atoms with van der Waals surface area (Å²) in [5.74, 6) is -1.83. The fourth-order valence-electron chi connectivity index (χ4n) is 0.795. The number of carbonyl (C=O) groups excluding carboxylic acids is 2. The molecule has 0 aliphatic carbocycles. The van der Waals surface area contributed by atoms with Crippen LogP contribution in [-0.2, 0) is 14.3 Å². The minimum atomic E-state index is -1.16. The second-order valence-electron chi connectivity index (χ2n) is 2.43. The van der Waals surface area contributed by atoms with E-state index in [-0.39, 0.29) is 0 Å². The van der Waals surface area contributed by atoms with Gasteiger partial charge in [0.15, 0.2) is 0 Å². The molecular formula is C6H4Cl4O3. The van der Waals surface area contributed by atoms with Gasteiger partial charge in [-0.2, -0.15) is 0 Å². The van der Waals surface area contributed by atoms with Crippen molar-refractivity contribution in [1.82, 2.24) is 0 Å². The summed E-state index contributed by atoms with van der Waals surface area (Å²) in [5, 5.41) is -4.16. The van der Waals surface area contributed by atoms with E-state index in [0.717, 1.165) is 0 Å². The zero-order valence-corrected chi connectivity index (χ0v) is 9.07. The second kappa shape index (κ2) is 4.22. The van der Waals surface area contributed by atoms with Crippen LogP contribution in [-0.4, -0.2) is 33.4 Å². The number of ether oxygens (including phenoxy) is 1. The Balaban J connectivity index is 2.92. The number of alkyl halides is 4. The molecule has 1 heterocycles. The summed E-state index contributed by atoms with van der Waals surface area (Å²) >= 11 is 22.4. The van der Waals surface area contributed by atoms with E-state index in [9.17, 15) is 9.59 Å². The molecule has 0 radical (unpaired) electrons. The minimum Gasteiger partial charge on any atom is -0.391 e. The van der Waals surface area contributed by atoms with Crippen molar-refractivity contribution in [2.75, 3.05) is 0 Å². The molecule has 74 valence electrons. The Kier molecular flexibility index (Phi) is 3.69. The van der Waals surface area contributed by atoms with Crippen LogP contribution in [0.25, 0.3) is 0 Å². The number of halogens is 4. The molecule has 1 saturated heterocycles. The van der Waals surface area contributed by atoms with E-state index in [0.29, 0.717) is 0 Å². The zero-order chi connectivity index (χ0) is 10.2. The molecule has 0 aromatic heterocycles. The number of rotatable bonds is 0. The summed E-state index contributed by atoms with van der Waals surface area (Å²) in [6, 6.07) is 0. The van der Waals surface area contributed by atoms with Crippen LogP contribution in [0.3, 0.4) is 0 Å². The summed E-state index contributed by atoms with van der Waals surface area (Å²) in [6.45, 7) is 0. The van der Waals surface area contributed by atoms with Gasteiger partial charge in [-0.3, -0.25) is 0 Å². The number of hydrogen-bond donors (Lipinski definition) is 0. The van der Waals surface area contributed by atoms with E-state index in [1.54, 1.807) is 0 Å². The lowest BCUT2D eigenvalue weighted by atomic mass is 10.2. The lowest BCUT2D eigenvalue weighted by molar-refractivity contribution is -0.157. The zero-order valence-electron chi connectivity index (χ0n) is 6.05. The van der Waals surface area contributed by atoms with Crippen molar-refractivity contribution in [3.8, 4) is 0 Å². The molecule has 7 heteroatoms. The summed E-state index contributed by atoms with van der Waals surface area (Å²) < 4.78 is 4.27. The highest BCUT2D eigenvalue weighted by atomic mass is 35.5. The van der Waals surface area contributed by atoms with Gasteiger partial charge in [-0.15, -0.1) is 46.4 Å². The fourth-order valence-corrected chi connectivity index (χ4v) is 1.84. The van der Waals surface area contributed by atoms with Crippen LogP contribution in [0.4, 0.5) is 0 Å². The van der Waals surface area contributed by atoms with Crippen molar-refractivity contribution in [3.05, 3.63) is 0 Å². The van der Waals surface area contributed by atoms with Crippen molar-refractivity contribution in [1.29, 1.82) is 0 Å². The van der Waals surface area contributed by atoms with E-state index in [1.165, 1.54) is 0 Å². The SMILES string of the molecule is O=C1OC(=O)C(Cl)C(Cl)C(Cl)C1Cl. The van der Waals surface area contributed by atoms with Gasteiger partial charge in [-0.05, 0) is 0 Å². The monoisotopic (exact) mass is 264 g/mol. The molecule has 0 spiro atoms. The second-order valence-corrected chi connectivity index (χ2v) is 4.38. The lowest BCUT2D eigenvalue weighted by Gasteiger charge is -2.15. The van der Waals surface area contributed by atoms with Gasteiger partial charge in [0.1, 0.15) is 10.8 Å². The summed E-state index contributed by atoms with van der Waals surface area (Å²) in [7, 11) is 0. The van der Waals surface area contributed by atoms with Crippen molar-refractivity contribution in [2.45, 2.75) is 21.5 Å². The molecule has 0 amide bonds. The molecule has 0 aromatic rings. The molecule has 0 bridgehead atoms. The van der Waals surface area contributed by atoms with Crippen LogP contribution in [0.2, 0.25) is 0 Å². The van der Waals surface area contributed by atoms with Gasteiger partial charge < -0.3 is 4.74 Å². The van der Waals surface area contributed by atoms with Gasteiger partial charge in [0.2, 0.25) is 0 Å². The minimum absolute atomic E-state index is 0.916. The van der Waals surface area contributed by atoms with E-state index in [2.05, 4.69) is 4.74 Å². The number of esters is 2. The summed E-state index contributed by atoms with van der Waals surface area (Å²) in [4.78, 5) is 21.9. The third-order valence-electron chi connectivity index (χ3n) is 1.51. The van der Waals surface area contributed by atoms with E-state index >= 15 is 0 Å². The Morgan fingerprint density at radius 3 is 1.46 bits per heavy atom. The van der Waals surface area contributed by atoms with Crippen LogP contribution in [0.15, 0.2) is 0 Å². The van der Waals surface area contributed by atoms with Crippen LogP contribution in [0.5, 0.6) is 0 Å². The molecule has 0 N–H and O–H groups in total. The third kappa shape index (κ3) is 2.21. The highest BCUT2D eigenvalue weighted by Gasteiger charge is 2.43. The van der Waals surface area contributed by atoms with E-state index < -0.39 is 33.4 Å². The first-order valence-corrected chi connectivity index (χ1v) is 5.01. The topological polar surface area (TPSA) is 43.4 Å². The first-order chi connectivity index (χ1) is 5.95. The highest BCUT2D eigenvalue weighted by molar-refractivity contribution is 6.45. The third-order valence-corrected chi connectivity index (χ3v) is 3.85. The van der Waals surface area contributed by atoms with Crippen molar-refractivity contribution < 1.29 is 14.3 Å². The molecule has 0 aromatic carbocycles. The molecule has 3 nitrogen and oxygen atoms in total. The Bertz CT molecular complexity index is 220. The number of carbonyl (C=O) groups is 2. The quantitative estimate of drug-likeness (QED) is 0.379. The molecular weight excluding hydrogens is 262 g/mol. The molecule has 1 aliphatic heterocycles. The van der Waals surface area contributed by atoms with Crippen molar-refractivity contribution in [2.24, 2.45) is 0 Å². The normalized spacial score (nSPS) is 41.2. The van der Waals surface area contributed by atoms with Gasteiger partial charge in [-0.1, -0.05) is 0 Å². The van der Waals surface area contributed by atoms with Gasteiger partial charge in [0, 0.05) is 0 Å². The molecule has 0 saturated carbocycles. The molecule has 1 fully saturated rings. The summed E-state index contributed by atoms with van der Waals surface area (Å²) in [5.41, 5.74) is 0. The molecule has 1 rings (SSSR count). The van der Waals surface area contributed by atoms with Gasteiger partial charge in [0.05, 0.1) is 10.8 Å². The van der Waals surface area contributed by atoms with Crippen molar-refractivity contribution in [3.63, 3.8) is 0 Å². The van der Waals surface area contributed by atoms with Gasteiger partial charge >= 0.3 is 11.9 Å². The molecule has 4 atom stereocenters. The maximum absolute atomic E-state index is 10.9. The average molecular weight is 266 g/mol. The maximum atomic E-state index is 10.9. The van der Waals surface area contributed by atoms with E-state index in [1.807, 2.05) is 0 Å². The molecule has 13 heavy (non-hydrogen) atoms. The smallest absolute Gasteiger partial charge is 0.333 e. The van der Waals surface area contributed by atoms with Gasteiger partial charge in [0.25, 0.3) is 0 Å². The first-order valence-electron chi connectivity index (χ1n) is 3.27. The Labute approximate surface area is 94.2 Å². The first kappa shape index (κ1) is 11.4. The Morgan fingerprint density at radius 1 is 0.846 bits per heavy atom. The van der Waals surface area contributed by atoms with Gasteiger partial charge in [-0.25, -0.2) is 9.59 Å². The van der Waals surface area contributed by atoms with Crippen LogP contribution >= 0.6 is 46.4 Å². The highest BCUT2D eigenvalue weighted by Crippen LogP contribution is 2.28. The molecule has 1 aliphatic rings. The Morgan fingerprint density at radius 2 is 1.15 bits per heavy atom. The predicted octanol–water partition coefficient (Wildman–Crippen LogP) is 1.50. The largest absolute Gasteiger partial charge is 0.391 e. The Hall–Kier alpha value is 0.300. The fraction of sp³-hybridized carbons (Fsp3) is 0.667. The van der Waals surface area contributed by atoms with Crippen LogP contribution in [0, 0.1) is 0 Å².